The Hall–Kier alpha value is -2.16. The van der Waals surface area contributed by atoms with E-state index >= 15 is 0 Å². The van der Waals surface area contributed by atoms with Gasteiger partial charge in [-0.3, -0.25) is 0 Å². The predicted molar refractivity (Wildman–Crippen MR) is 81.6 cm³/mol. The normalized spacial score (nSPS) is 19.4. The lowest BCUT2D eigenvalue weighted by Gasteiger charge is -2.43. The highest BCUT2D eigenvalue weighted by molar-refractivity contribution is 5.75. The summed E-state index contributed by atoms with van der Waals surface area (Å²) in [6.45, 7) is 2.00. The van der Waals surface area contributed by atoms with Crippen molar-refractivity contribution in [2.45, 2.75) is 19.0 Å². The maximum Gasteiger partial charge on any atom is 0.121 e. The molecular weight excluding hydrogens is 248 g/mol. The fourth-order valence-electron chi connectivity index (χ4n) is 3.31. The molecule has 0 amide bonds. The Balaban J connectivity index is 1.74. The van der Waals surface area contributed by atoms with Gasteiger partial charge in [0.25, 0.3) is 0 Å². The number of rotatable bonds is 1. The Labute approximate surface area is 119 Å². The first-order valence-electron chi connectivity index (χ1n) is 7.10. The van der Waals surface area contributed by atoms with Gasteiger partial charge in [-0.1, -0.05) is 24.3 Å². The first kappa shape index (κ1) is 11.6. The van der Waals surface area contributed by atoms with Crippen LogP contribution in [0.2, 0.25) is 0 Å². The van der Waals surface area contributed by atoms with Gasteiger partial charge in [0.1, 0.15) is 5.75 Å². The van der Waals surface area contributed by atoms with Crippen molar-refractivity contribution in [1.29, 1.82) is 0 Å². The zero-order valence-electron chi connectivity index (χ0n) is 11.6. The van der Waals surface area contributed by atoms with Crippen molar-refractivity contribution in [1.82, 2.24) is 0 Å². The smallest absolute Gasteiger partial charge is 0.121 e. The van der Waals surface area contributed by atoms with Crippen LogP contribution >= 0.6 is 0 Å². The van der Waals surface area contributed by atoms with Crippen LogP contribution < -0.4 is 15.0 Å². The second kappa shape index (κ2) is 4.44. The molecule has 2 aliphatic heterocycles. The first-order valence-corrected chi connectivity index (χ1v) is 7.10. The van der Waals surface area contributed by atoms with Crippen molar-refractivity contribution >= 4 is 11.4 Å². The summed E-state index contributed by atoms with van der Waals surface area (Å²) in [4.78, 5) is 2.52. The van der Waals surface area contributed by atoms with Crippen molar-refractivity contribution in [2.75, 3.05) is 23.9 Å². The van der Waals surface area contributed by atoms with Crippen LogP contribution in [0.4, 0.5) is 11.4 Å². The molecule has 3 heteroatoms. The monoisotopic (exact) mass is 266 g/mol. The Morgan fingerprint density at radius 1 is 1.15 bits per heavy atom. The SMILES string of the molecule is COc1ccc2c(c1)NCC1Cc3ccccc3CN21. The molecule has 1 atom stereocenters. The minimum Gasteiger partial charge on any atom is -0.497 e. The van der Waals surface area contributed by atoms with Crippen LogP contribution in [0.25, 0.3) is 0 Å². The van der Waals surface area contributed by atoms with Gasteiger partial charge in [-0.25, -0.2) is 0 Å². The number of hydrogen-bond acceptors (Lipinski definition) is 3. The van der Waals surface area contributed by atoms with Crippen molar-refractivity contribution in [2.24, 2.45) is 0 Å². The molecule has 2 heterocycles. The second-order valence-corrected chi connectivity index (χ2v) is 5.52. The molecule has 0 aromatic heterocycles. The van der Waals surface area contributed by atoms with E-state index in [4.69, 9.17) is 4.74 Å². The van der Waals surface area contributed by atoms with Gasteiger partial charge in [0.15, 0.2) is 0 Å². The van der Waals surface area contributed by atoms with Gasteiger partial charge in [-0.2, -0.15) is 0 Å². The Morgan fingerprint density at radius 2 is 2.00 bits per heavy atom. The summed E-state index contributed by atoms with van der Waals surface area (Å²) in [5, 5.41) is 3.55. The molecule has 2 aromatic carbocycles. The third kappa shape index (κ3) is 1.73. The van der Waals surface area contributed by atoms with Crippen LogP contribution in [0.5, 0.6) is 5.75 Å². The van der Waals surface area contributed by atoms with E-state index in [0.29, 0.717) is 6.04 Å². The average molecular weight is 266 g/mol. The number of ether oxygens (including phenoxy) is 1. The summed E-state index contributed by atoms with van der Waals surface area (Å²) in [5.41, 5.74) is 5.41. The minimum absolute atomic E-state index is 0.547. The minimum atomic E-state index is 0.547. The van der Waals surface area contributed by atoms with Crippen LogP contribution in [0.1, 0.15) is 11.1 Å². The van der Waals surface area contributed by atoms with Crippen molar-refractivity contribution < 1.29 is 4.74 Å². The van der Waals surface area contributed by atoms with Crippen LogP contribution in [0, 0.1) is 0 Å². The molecule has 1 unspecified atom stereocenters. The van der Waals surface area contributed by atoms with Crippen molar-refractivity contribution in [3.8, 4) is 5.75 Å². The molecule has 20 heavy (non-hydrogen) atoms. The number of anilines is 2. The lowest BCUT2D eigenvalue weighted by molar-refractivity contribution is 0.414. The van der Waals surface area contributed by atoms with E-state index in [1.165, 1.54) is 22.5 Å². The average Bonchev–Trinajstić information content (AvgIpc) is 2.52. The van der Waals surface area contributed by atoms with E-state index < -0.39 is 0 Å². The summed E-state index contributed by atoms with van der Waals surface area (Å²) in [6.07, 6.45) is 1.12. The van der Waals surface area contributed by atoms with Crippen LogP contribution in [0.3, 0.4) is 0 Å². The Bertz CT molecular complexity index is 653. The number of hydrogen-bond donors (Lipinski definition) is 1. The first-order chi connectivity index (χ1) is 9.85. The molecular formula is C17H18N2O. The highest BCUT2D eigenvalue weighted by Crippen LogP contribution is 2.38. The van der Waals surface area contributed by atoms with Gasteiger partial charge in [-0.15, -0.1) is 0 Å². The van der Waals surface area contributed by atoms with Gasteiger partial charge in [-0.05, 0) is 29.7 Å². The van der Waals surface area contributed by atoms with Gasteiger partial charge >= 0.3 is 0 Å². The van der Waals surface area contributed by atoms with Gasteiger partial charge in [0.05, 0.1) is 24.5 Å². The highest BCUT2D eigenvalue weighted by atomic mass is 16.5. The standard InChI is InChI=1S/C17H18N2O/c1-20-15-6-7-17-16(9-15)18-10-14-8-12-4-2-3-5-13(12)11-19(14)17/h2-7,9,14,18H,8,10-11H2,1H3. The molecule has 0 radical (unpaired) electrons. The Morgan fingerprint density at radius 3 is 2.85 bits per heavy atom. The lowest BCUT2D eigenvalue weighted by Crippen LogP contribution is -2.47. The third-order valence-corrected chi connectivity index (χ3v) is 4.40. The van der Waals surface area contributed by atoms with E-state index in [1.807, 2.05) is 6.07 Å². The predicted octanol–water partition coefficient (Wildman–Crippen LogP) is 3.05. The topological polar surface area (TPSA) is 24.5 Å². The highest BCUT2D eigenvalue weighted by Gasteiger charge is 2.30. The van der Waals surface area contributed by atoms with Crippen LogP contribution in [0.15, 0.2) is 42.5 Å². The number of methoxy groups -OCH3 is 1. The molecule has 0 fully saturated rings. The molecule has 4 rings (SSSR count). The van der Waals surface area contributed by atoms with E-state index in [9.17, 15) is 0 Å². The molecule has 2 aliphatic rings. The summed E-state index contributed by atoms with van der Waals surface area (Å²) >= 11 is 0. The lowest BCUT2D eigenvalue weighted by atomic mass is 9.92. The van der Waals surface area contributed by atoms with Crippen molar-refractivity contribution in [3.05, 3.63) is 53.6 Å². The summed E-state index contributed by atoms with van der Waals surface area (Å²) in [6, 6.07) is 15.6. The maximum atomic E-state index is 5.31. The van der Waals surface area contributed by atoms with Gasteiger partial charge in [0.2, 0.25) is 0 Å². The van der Waals surface area contributed by atoms with E-state index in [-0.39, 0.29) is 0 Å². The van der Waals surface area contributed by atoms with Gasteiger partial charge < -0.3 is 15.0 Å². The molecule has 102 valence electrons. The Kier molecular flexibility index (Phi) is 2.59. The molecule has 3 nitrogen and oxygen atoms in total. The second-order valence-electron chi connectivity index (χ2n) is 5.52. The zero-order chi connectivity index (χ0) is 13.5. The van der Waals surface area contributed by atoms with E-state index in [0.717, 1.165) is 25.3 Å². The molecule has 0 bridgehead atoms. The van der Waals surface area contributed by atoms with E-state index in [1.54, 1.807) is 7.11 Å². The quantitative estimate of drug-likeness (QED) is 0.858. The largest absolute Gasteiger partial charge is 0.497 e. The molecule has 0 saturated carbocycles. The fourth-order valence-corrected chi connectivity index (χ4v) is 3.31. The number of fused-ring (bicyclic) bond motifs is 4. The maximum absolute atomic E-state index is 5.31. The summed E-state index contributed by atoms with van der Waals surface area (Å²) < 4.78 is 5.31. The fraction of sp³-hybridized carbons (Fsp3) is 0.294. The molecule has 2 aromatic rings. The van der Waals surface area contributed by atoms with Crippen molar-refractivity contribution in [3.63, 3.8) is 0 Å². The number of benzene rings is 2. The molecule has 0 aliphatic carbocycles. The molecule has 1 N–H and O–H groups in total. The number of nitrogens with one attached hydrogen (secondary N) is 1. The van der Waals surface area contributed by atoms with E-state index in [2.05, 4.69) is 46.6 Å². The summed E-state index contributed by atoms with van der Waals surface area (Å²) in [5.74, 6) is 0.909. The van der Waals surface area contributed by atoms with Crippen LogP contribution in [-0.2, 0) is 13.0 Å². The van der Waals surface area contributed by atoms with Crippen LogP contribution in [-0.4, -0.2) is 19.7 Å². The molecule has 0 saturated heterocycles. The molecule has 0 spiro atoms. The third-order valence-electron chi connectivity index (χ3n) is 4.40. The summed E-state index contributed by atoms with van der Waals surface area (Å²) in [7, 11) is 1.71. The number of nitrogens with zero attached hydrogens (tertiary/aromatic N) is 1. The van der Waals surface area contributed by atoms with Gasteiger partial charge in [0, 0.05) is 19.2 Å². The zero-order valence-corrected chi connectivity index (χ0v) is 11.6.